The van der Waals surface area contributed by atoms with Gasteiger partial charge in [0.1, 0.15) is 5.82 Å². The SMILES string of the molecule is Cc1ccsc1-c1cnc(C(C)CC(=O)O)[nH]1. The molecule has 4 nitrogen and oxygen atoms in total. The first-order chi connectivity index (χ1) is 8.08. The van der Waals surface area contributed by atoms with E-state index < -0.39 is 5.97 Å². The van der Waals surface area contributed by atoms with Gasteiger partial charge in [0.2, 0.25) is 0 Å². The van der Waals surface area contributed by atoms with Crippen molar-refractivity contribution in [2.75, 3.05) is 0 Å². The fraction of sp³-hybridized carbons (Fsp3) is 0.333. The molecule has 2 aromatic heterocycles. The molecule has 0 spiro atoms. The number of thiophene rings is 1. The minimum absolute atomic E-state index is 0.0936. The van der Waals surface area contributed by atoms with Crippen molar-refractivity contribution < 1.29 is 9.90 Å². The molecule has 2 N–H and O–H groups in total. The third-order valence-electron chi connectivity index (χ3n) is 2.65. The molecule has 0 bridgehead atoms. The molecule has 0 aromatic carbocycles. The monoisotopic (exact) mass is 250 g/mol. The number of carbonyl (C=O) groups is 1. The van der Waals surface area contributed by atoms with E-state index in [0.29, 0.717) is 0 Å². The Labute approximate surface area is 103 Å². The van der Waals surface area contributed by atoms with E-state index in [-0.39, 0.29) is 12.3 Å². The molecule has 0 aliphatic heterocycles. The summed E-state index contributed by atoms with van der Waals surface area (Å²) in [5.41, 5.74) is 2.17. The summed E-state index contributed by atoms with van der Waals surface area (Å²) in [6.07, 6.45) is 1.86. The van der Waals surface area contributed by atoms with Crippen LogP contribution in [-0.2, 0) is 4.79 Å². The number of carboxylic acids is 1. The van der Waals surface area contributed by atoms with Gasteiger partial charge in [-0.25, -0.2) is 4.98 Å². The lowest BCUT2D eigenvalue weighted by Gasteiger charge is -2.03. The molecular weight excluding hydrogens is 236 g/mol. The number of aromatic amines is 1. The molecule has 17 heavy (non-hydrogen) atoms. The van der Waals surface area contributed by atoms with E-state index in [1.165, 1.54) is 5.56 Å². The molecule has 90 valence electrons. The summed E-state index contributed by atoms with van der Waals surface area (Å²) in [4.78, 5) is 19.2. The maximum Gasteiger partial charge on any atom is 0.304 e. The largest absolute Gasteiger partial charge is 0.481 e. The minimum atomic E-state index is -0.803. The van der Waals surface area contributed by atoms with Crippen LogP contribution in [-0.4, -0.2) is 21.0 Å². The Morgan fingerprint density at radius 3 is 3.00 bits per heavy atom. The number of aryl methyl sites for hydroxylation is 1. The van der Waals surface area contributed by atoms with Crippen molar-refractivity contribution in [3.63, 3.8) is 0 Å². The summed E-state index contributed by atoms with van der Waals surface area (Å²) in [7, 11) is 0. The predicted octanol–water partition coefficient (Wildman–Crippen LogP) is 3.02. The average molecular weight is 250 g/mol. The zero-order chi connectivity index (χ0) is 12.4. The summed E-state index contributed by atoms with van der Waals surface area (Å²) in [6.45, 7) is 3.91. The van der Waals surface area contributed by atoms with Crippen molar-refractivity contribution in [1.29, 1.82) is 0 Å². The van der Waals surface area contributed by atoms with Crippen LogP contribution in [0.15, 0.2) is 17.6 Å². The van der Waals surface area contributed by atoms with Crippen LogP contribution < -0.4 is 0 Å². The summed E-state index contributed by atoms with van der Waals surface area (Å²) >= 11 is 1.65. The van der Waals surface area contributed by atoms with E-state index in [9.17, 15) is 4.79 Å². The Kier molecular flexibility index (Phi) is 3.28. The normalized spacial score (nSPS) is 12.6. The number of aromatic nitrogens is 2. The van der Waals surface area contributed by atoms with Gasteiger partial charge in [-0.15, -0.1) is 11.3 Å². The molecule has 0 saturated carbocycles. The zero-order valence-electron chi connectivity index (χ0n) is 9.73. The number of aliphatic carboxylic acids is 1. The van der Waals surface area contributed by atoms with Crippen LogP contribution in [0.2, 0.25) is 0 Å². The maximum atomic E-state index is 10.6. The van der Waals surface area contributed by atoms with Crippen molar-refractivity contribution in [3.05, 3.63) is 29.0 Å². The van der Waals surface area contributed by atoms with Crippen LogP contribution >= 0.6 is 11.3 Å². The van der Waals surface area contributed by atoms with Crippen LogP contribution in [0.5, 0.6) is 0 Å². The highest BCUT2D eigenvalue weighted by molar-refractivity contribution is 7.13. The number of rotatable bonds is 4. The number of hydrogen-bond acceptors (Lipinski definition) is 3. The van der Waals surface area contributed by atoms with Gasteiger partial charge in [-0.05, 0) is 23.9 Å². The lowest BCUT2D eigenvalue weighted by Crippen LogP contribution is -2.04. The fourth-order valence-electron chi connectivity index (χ4n) is 1.71. The second-order valence-electron chi connectivity index (χ2n) is 4.11. The van der Waals surface area contributed by atoms with Crippen LogP contribution in [0.25, 0.3) is 10.6 Å². The second kappa shape index (κ2) is 4.71. The fourth-order valence-corrected chi connectivity index (χ4v) is 2.60. The molecule has 2 aromatic rings. The van der Waals surface area contributed by atoms with Gasteiger partial charge < -0.3 is 10.1 Å². The number of imidazole rings is 1. The predicted molar refractivity (Wildman–Crippen MR) is 67.3 cm³/mol. The third kappa shape index (κ3) is 2.55. The highest BCUT2D eigenvalue weighted by atomic mass is 32.1. The standard InChI is InChI=1S/C12H14N2O2S/c1-7-3-4-17-11(7)9-6-13-12(14-9)8(2)5-10(15)16/h3-4,6,8H,5H2,1-2H3,(H,13,14)(H,15,16). The van der Waals surface area contributed by atoms with Gasteiger partial charge in [-0.1, -0.05) is 6.92 Å². The quantitative estimate of drug-likeness (QED) is 0.876. The van der Waals surface area contributed by atoms with E-state index in [4.69, 9.17) is 5.11 Å². The summed E-state index contributed by atoms with van der Waals surface area (Å²) in [6, 6.07) is 2.06. The molecule has 1 unspecified atom stereocenters. The Morgan fingerprint density at radius 2 is 2.41 bits per heavy atom. The molecule has 0 aliphatic carbocycles. The van der Waals surface area contributed by atoms with Crippen molar-refractivity contribution >= 4 is 17.3 Å². The molecular formula is C12H14N2O2S. The van der Waals surface area contributed by atoms with E-state index in [1.807, 2.05) is 19.2 Å². The third-order valence-corrected chi connectivity index (χ3v) is 3.70. The Hall–Kier alpha value is -1.62. The molecule has 0 aliphatic rings. The number of hydrogen-bond donors (Lipinski definition) is 2. The van der Waals surface area contributed by atoms with Crippen LogP contribution in [0.3, 0.4) is 0 Å². The van der Waals surface area contributed by atoms with Crippen molar-refractivity contribution in [3.8, 4) is 10.6 Å². The van der Waals surface area contributed by atoms with E-state index in [1.54, 1.807) is 17.5 Å². The van der Waals surface area contributed by atoms with Gasteiger partial charge in [0.15, 0.2) is 0 Å². The van der Waals surface area contributed by atoms with Gasteiger partial charge >= 0.3 is 5.97 Å². The van der Waals surface area contributed by atoms with Gasteiger partial charge in [0.25, 0.3) is 0 Å². The molecule has 1 atom stereocenters. The van der Waals surface area contributed by atoms with E-state index >= 15 is 0 Å². The first-order valence-electron chi connectivity index (χ1n) is 5.39. The van der Waals surface area contributed by atoms with Crippen LogP contribution in [0.4, 0.5) is 0 Å². The highest BCUT2D eigenvalue weighted by Crippen LogP contribution is 2.28. The van der Waals surface area contributed by atoms with Crippen LogP contribution in [0, 0.1) is 6.92 Å². The second-order valence-corrected chi connectivity index (χ2v) is 5.03. The smallest absolute Gasteiger partial charge is 0.304 e. The first-order valence-corrected chi connectivity index (χ1v) is 6.27. The highest BCUT2D eigenvalue weighted by Gasteiger charge is 2.15. The zero-order valence-corrected chi connectivity index (χ0v) is 10.5. The topological polar surface area (TPSA) is 66.0 Å². The lowest BCUT2D eigenvalue weighted by atomic mass is 10.1. The van der Waals surface area contributed by atoms with Gasteiger partial charge in [-0.3, -0.25) is 4.79 Å². The Bertz CT molecular complexity index is 530. The van der Waals surface area contributed by atoms with Crippen molar-refractivity contribution in [2.24, 2.45) is 0 Å². The molecule has 0 fully saturated rings. The Balaban J connectivity index is 2.22. The summed E-state index contributed by atoms with van der Waals surface area (Å²) in [5, 5.41) is 10.8. The average Bonchev–Trinajstić information content (AvgIpc) is 2.84. The van der Waals surface area contributed by atoms with E-state index in [0.717, 1.165) is 16.4 Å². The lowest BCUT2D eigenvalue weighted by molar-refractivity contribution is -0.137. The number of nitrogens with one attached hydrogen (secondary N) is 1. The molecule has 0 saturated heterocycles. The minimum Gasteiger partial charge on any atom is -0.481 e. The summed E-state index contributed by atoms with van der Waals surface area (Å²) < 4.78 is 0. The molecule has 2 rings (SSSR count). The van der Waals surface area contributed by atoms with E-state index in [2.05, 4.69) is 16.0 Å². The number of nitrogens with zero attached hydrogens (tertiary/aromatic N) is 1. The van der Waals surface area contributed by atoms with Crippen LogP contribution in [0.1, 0.15) is 30.7 Å². The molecule has 5 heteroatoms. The van der Waals surface area contributed by atoms with Gasteiger partial charge in [0, 0.05) is 5.92 Å². The first kappa shape index (κ1) is 11.9. The Morgan fingerprint density at radius 1 is 1.65 bits per heavy atom. The van der Waals surface area contributed by atoms with Gasteiger partial charge in [0.05, 0.1) is 23.2 Å². The number of carboxylic acid groups (broad SMARTS) is 1. The van der Waals surface area contributed by atoms with Crippen molar-refractivity contribution in [1.82, 2.24) is 9.97 Å². The number of H-pyrrole nitrogens is 1. The van der Waals surface area contributed by atoms with Gasteiger partial charge in [-0.2, -0.15) is 0 Å². The molecule has 2 heterocycles. The maximum absolute atomic E-state index is 10.6. The summed E-state index contributed by atoms with van der Waals surface area (Å²) in [5.74, 6) is -0.167. The molecule has 0 radical (unpaired) electrons. The van der Waals surface area contributed by atoms with Crippen molar-refractivity contribution in [2.45, 2.75) is 26.2 Å². The molecule has 0 amide bonds.